The predicted molar refractivity (Wildman–Crippen MR) is 140 cm³/mol. The quantitative estimate of drug-likeness (QED) is 0.349. The number of benzene rings is 2. The van der Waals surface area contributed by atoms with E-state index < -0.39 is 5.79 Å². The van der Waals surface area contributed by atoms with E-state index in [4.69, 9.17) is 14.2 Å². The molecule has 2 saturated heterocycles. The van der Waals surface area contributed by atoms with Crippen molar-refractivity contribution in [2.24, 2.45) is 5.92 Å². The number of carbonyl (C=O) groups is 1. The number of hydrogen-bond donors (Lipinski definition) is 0. The van der Waals surface area contributed by atoms with Crippen molar-refractivity contribution in [3.05, 3.63) is 67.8 Å². The topological polar surface area (TPSA) is 48.0 Å². The van der Waals surface area contributed by atoms with E-state index in [1.165, 1.54) is 32.2 Å². The van der Waals surface area contributed by atoms with E-state index >= 15 is 0 Å². The summed E-state index contributed by atoms with van der Waals surface area (Å²) in [5.74, 6) is 0.636. The van der Waals surface area contributed by atoms with Crippen molar-refractivity contribution >= 4 is 28.6 Å². The van der Waals surface area contributed by atoms with Gasteiger partial charge in [0.25, 0.3) is 0 Å². The van der Waals surface area contributed by atoms with Gasteiger partial charge in [0.1, 0.15) is 12.7 Å². The van der Waals surface area contributed by atoms with Crippen molar-refractivity contribution in [2.75, 3.05) is 32.8 Å². The van der Waals surface area contributed by atoms with Crippen molar-refractivity contribution in [1.82, 2.24) is 4.90 Å². The Kier molecular flexibility index (Phi) is 6.79. The van der Waals surface area contributed by atoms with E-state index in [0.717, 1.165) is 19.6 Å². The van der Waals surface area contributed by atoms with Gasteiger partial charge in [0.2, 0.25) is 0 Å². The van der Waals surface area contributed by atoms with Gasteiger partial charge in [0, 0.05) is 22.0 Å². The highest BCUT2D eigenvalue weighted by atomic mass is 127. The van der Waals surface area contributed by atoms with Crippen molar-refractivity contribution in [3.8, 4) is 0 Å². The lowest BCUT2D eigenvalue weighted by Crippen LogP contribution is -2.38. The zero-order valence-electron chi connectivity index (χ0n) is 20.5. The standard InChI is InChI=1S/C28H34INO4/c1-5-30-11-10-21-24(14-30)22-13-25(29)17(2)12-23(22)26(21)18-6-8-19(9-7-18)27(31)32-15-20-16-33-28(3,4)34-20/h6-9,12-13,20-21,24,26H,5,10-11,14-16H2,1-4H3/t20-,21?,24?,26?/m1/s1. The molecule has 0 bridgehead atoms. The normalized spacial score (nSPS) is 27.9. The first-order valence-corrected chi connectivity index (χ1v) is 13.4. The van der Waals surface area contributed by atoms with E-state index in [-0.39, 0.29) is 18.7 Å². The predicted octanol–water partition coefficient (Wildman–Crippen LogP) is 5.48. The fourth-order valence-electron chi connectivity index (χ4n) is 5.94. The lowest BCUT2D eigenvalue weighted by atomic mass is 9.78. The molecule has 2 aliphatic heterocycles. The number of esters is 1. The molecule has 5 rings (SSSR count). The van der Waals surface area contributed by atoms with E-state index in [9.17, 15) is 4.79 Å². The number of ether oxygens (including phenoxy) is 3. The Morgan fingerprint density at radius 1 is 1.21 bits per heavy atom. The van der Waals surface area contributed by atoms with Crippen molar-refractivity contribution in [2.45, 2.75) is 57.8 Å². The summed E-state index contributed by atoms with van der Waals surface area (Å²) in [5, 5.41) is 0. The molecule has 0 spiro atoms. The summed E-state index contributed by atoms with van der Waals surface area (Å²) in [4.78, 5) is 15.2. The van der Waals surface area contributed by atoms with Crippen LogP contribution in [0.5, 0.6) is 0 Å². The minimum Gasteiger partial charge on any atom is -0.459 e. The molecule has 4 atom stereocenters. The van der Waals surface area contributed by atoms with E-state index in [2.05, 4.69) is 65.6 Å². The van der Waals surface area contributed by atoms with Gasteiger partial charge in [-0.15, -0.1) is 0 Å². The highest BCUT2D eigenvalue weighted by Gasteiger charge is 2.44. The molecule has 3 aliphatic rings. The summed E-state index contributed by atoms with van der Waals surface area (Å²) in [7, 11) is 0. The third-order valence-corrected chi connectivity index (χ3v) is 8.86. The van der Waals surface area contributed by atoms with Crippen LogP contribution in [-0.2, 0) is 14.2 Å². The molecule has 34 heavy (non-hydrogen) atoms. The second-order valence-corrected chi connectivity index (χ2v) is 11.5. The first-order valence-electron chi connectivity index (χ1n) is 12.4. The first kappa shape index (κ1) is 24.2. The van der Waals surface area contributed by atoms with Crippen LogP contribution in [0.1, 0.15) is 71.6 Å². The van der Waals surface area contributed by atoms with E-state index in [0.29, 0.717) is 29.9 Å². The summed E-state index contributed by atoms with van der Waals surface area (Å²) in [5.41, 5.74) is 6.22. The van der Waals surface area contributed by atoms with Gasteiger partial charge in [-0.1, -0.05) is 25.1 Å². The molecule has 0 amide bonds. The van der Waals surface area contributed by atoms with Gasteiger partial charge in [0.05, 0.1) is 12.2 Å². The van der Waals surface area contributed by atoms with Crippen LogP contribution >= 0.6 is 22.6 Å². The second-order valence-electron chi connectivity index (χ2n) is 10.3. The van der Waals surface area contributed by atoms with Crippen LogP contribution in [0.15, 0.2) is 36.4 Å². The number of carbonyl (C=O) groups excluding carboxylic acids is 1. The van der Waals surface area contributed by atoms with Crippen LogP contribution in [0.4, 0.5) is 0 Å². The summed E-state index contributed by atoms with van der Waals surface area (Å²) >= 11 is 2.47. The molecule has 6 heteroatoms. The Morgan fingerprint density at radius 3 is 2.65 bits per heavy atom. The monoisotopic (exact) mass is 575 g/mol. The fraction of sp³-hybridized carbons (Fsp3) is 0.536. The number of hydrogen-bond acceptors (Lipinski definition) is 5. The van der Waals surface area contributed by atoms with Crippen LogP contribution < -0.4 is 0 Å². The van der Waals surface area contributed by atoms with Crippen LogP contribution in [0.2, 0.25) is 0 Å². The summed E-state index contributed by atoms with van der Waals surface area (Å²) in [6, 6.07) is 12.9. The molecular formula is C28H34INO4. The van der Waals surface area contributed by atoms with Gasteiger partial charge in [-0.2, -0.15) is 0 Å². The Morgan fingerprint density at radius 2 is 1.97 bits per heavy atom. The Bertz CT molecular complexity index is 1070. The van der Waals surface area contributed by atoms with Gasteiger partial charge in [-0.05, 0) is 109 Å². The Balaban J connectivity index is 1.34. The van der Waals surface area contributed by atoms with Gasteiger partial charge >= 0.3 is 5.97 Å². The minimum atomic E-state index is -0.613. The number of aryl methyl sites for hydroxylation is 1. The first-order chi connectivity index (χ1) is 16.3. The Labute approximate surface area is 216 Å². The van der Waals surface area contributed by atoms with Crippen molar-refractivity contribution in [1.29, 1.82) is 0 Å². The average Bonchev–Trinajstić information content (AvgIpc) is 3.33. The minimum absolute atomic E-state index is 0.204. The molecule has 0 radical (unpaired) electrons. The largest absolute Gasteiger partial charge is 0.459 e. The lowest BCUT2D eigenvalue weighted by molar-refractivity contribution is -0.142. The molecule has 0 saturated carbocycles. The van der Waals surface area contributed by atoms with E-state index in [1.54, 1.807) is 0 Å². The van der Waals surface area contributed by atoms with Crippen LogP contribution in [0, 0.1) is 16.4 Å². The zero-order chi connectivity index (χ0) is 24.0. The number of rotatable bonds is 5. The maximum absolute atomic E-state index is 12.6. The lowest BCUT2D eigenvalue weighted by Gasteiger charge is -2.37. The van der Waals surface area contributed by atoms with E-state index in [1.807, 2.05) is 26.0 Å². The summed E-state index contributed by atoms with van der Waals surface area (Å²) in [6.45, 7) is 12.3. The zero-order valence-corrected chi connectivity index (χ0v) is 22.6. The smallest absolute Gasteiger partial charge is 0.338 e. The SMILES string of the molecule is CCN1CCC2C(C1)c1cc(I)c(C)cc1C2c1ccc(C(=O)OC[C@@H]2COC(C)(C)O2)cc1. The molecule has 5 nitrogen and oxygen atoms in total. The number of piperidine rings is 1. The molecule has 3 unspecified atom stereocenters. The van der Waals surface area contributed by atoms with Crippen LogP contribution in [-0.4, -0.2) is 55.6 Å². The van der Waals surface area contributed by atoms with Crippen molar-refractivity contribution < 1.29 is 19.0 Å². The fourth-order valence-corrected chi connectivity index (χ4v) is 6.43. The maximum Gasteiger partial charge on any atom is 0.338 e. The molecule has 2 fully saturated rings. The number of nitrogens with zero attached hydrogens (tertiary/aromatic N) is 1. The average molecular weight is 575 g/mol. The third kappa shape index (κ3) is 4.66. The molecule has 1 aliphatic carbocycles. The molecule has 0 N–H and O–H groups in total. The summed E-state index contributed by atoms with van der Waals surface area (Å²) in [6.07, 6.45) is 0.988. The van der Waals surface area contributed by atoms with Gasteiger partial charge in [0.15, 0.2) is 5.79 Å². The Hall–Kier alpha value is -1.48. The van der Waals surface area contributed by atoms with Gasteiger partial charge < -0.3 is 19.1 Å². The van der Waals surface area contributed by atoms with Gasteiger partial charge in [-0.25, -0.2) is 4.79 Å². The van der Waals surface area contributed by atoms with Crippen LogP contribution in [0.3, 0.4) is 0 Å². The number of halogens is 1. The van der Waals surface area contributed by atoms with Crippen molar-refractivity contribution in [3.63, 3.8) is 0 Å². The van der Waals surface area contributed by atoms with Gasteiger partial charge in [-0.3, -0.25) is 0 Å². The second kappa shape index (κ2) is 9.52. The molecule has 2 heterocycles. The molecular weight excluding hydrogens is 541 g/mol. The summed E-state index contributed by atoms with van der Waals surface area (Å²) < 4.78 is 18.1. The number of fused-ring (bicyclic) bond motifs is 3. The molecule has 2 aromatic carbocycles. The molecule has 182 valence electrons. The third-order valence-electron chi connectivity index (χ3n) is 7.70. The van der Waals surface area contributed by atoms with Crippen LogP contribution in [0.25, 0.3) is 0 Å². The number of likely N-dealkylation sites (tertiary alicyclic amines) is 1. The maximum atomic E-state index is 12.6. The number of likely N-dealkylation sites (N-methyl/N-ethyl adjacent to an activating group) is 1. The highest BCUT2D eigenvalue weighted by molar-refractivity contribution is 14.1. The molecule has 2 aromatic rings. The molecule has 0 aromatic heterocycles. The highest BCUT2D eigenvalue weighted by Crippen LogP contribution is 2.53.